The number of nitrogens with zero attached hydrogens (tertiary/aromatic N) is 1. The molecule has 1 fully saturated rings. The average molecular weight is 382 g/mol. The SMILES string of the molecule is O=C1S/C(=C/c2c(Cl)cccc2Cl)C(=O)N1Cc1ccc(F)cc1. The Labute approximate surface area is 152 Å². The highest BCUT2D eigenvalue weighted by Gasteiger charge is 2.35. The minimum absolute atomic E-state index is 0.0819. The number of hydrogen-bond donors (Lipinski definition) is 0. The zero-order valence-electron chi connectivity index (χ0n) is 12.1. The van der Waals surface area contributed by atoms with Crippen molar-refractivity contribution in [3.63, 3.8) is 0 Å². The molecule has 122 valence electrons. The molecular formula is C17H10Cl2FNO2S. The van der Waals surface area contributed by atoms with E-state index < -0.39 is 11.1 Å². The molecule has 0 aromatic heterocycles. The molecular weight excluding hydrogens is 372 g/mol. The van der Waals surface area contributed by atoms with Gasteiger partial charge in [0.1, 0.15) is 5.82 Å². The van der Waals surface area contributed by atoms with Crippen LogP contribution in [0.5, 0.6) is 0 Å². The van der Waals surface area contributed by atoms with Crippen LogP contribution < -0.4 is 0 Å². The molecule has 1 aliphatic rings. The van der Waals surface area contributed by atoms with Crippen LogP contribution in [0.25, 0.3) is 6.08 Å². The van der Waals surface area contributed by atoms with E-state index in [-0.39, 0.29) is 17.3 Å². The van der Waals surface area contributed by atoms with E-state index in [1.807, 2.05) is 0 Å². The third-order valence-electron chi connectivity index (χ3n) is 3.40. The Morgan fingerprint density at radius 1 is 1.04 bits per heavy atom. The van der Waals surface area contributed by atoms with Crippen LogP contribution in [0.2, 0.25) is 10.0 Å². The molecule has 0 saturated carbocycles. The van der Waals surface area contributed by atoms with Gasteiger partial charge in [-0.1, -0.05) is 41.4 Å². The summed E-state index contributed by atoms with van der Waals surface area (Å²) in [5, 5.41) is 0.402. The lowest BCUT2D eigenvalue weighted by Crippen LogP contribution is -2.27. The van der Waals surface area contributed by atoms with Crippen LogP contribution in [0.4, 0.5) is 9.18 Å². The lowest BCUT2D eigenvalue weighted by Gasteiger charge is -2.12. The molecule has 0 bridgehead atoms. The number of hydrogen-bond acceptors (Lipinski definition) is 3. The van der Waals surface area contributed by atoms with Crippen molar-refractivity contribution in [1.29, 1.82) is 0 Å². The second-order valence-electron chi connectivity index (χ2n) is 5.03. The van der Waals surface area contributed by atoms with E-state index >= 15 is 0 Å². The van der Waals surface area contributed by atoms with Crippen LogP contribution in [0.15, 0.2) is 47.4 Å². The Hall–Kier alpha value is -1.82. The van der Waals surface area contributed by atoms with Crippen molar-refractivity contribution >= 4 is 52.2 Å². The molecule has 0 atom stereocenters. The van der Waals surface area contributed by atoms with Gasteiger partial charge in [0.05, 0.1) is 11.4 Å². The average Bonchev–Trinajstić information content (AvgIpc) is 2.80. The summed E-state index contributed by atoms with van der Waals surface area (Å²) in [7, 11) is 0. The van der Waals surface area contributed by atoms with Gasteiger partial charge in [0.25, 0.3) is 11.1 Å². The number of rotatable bonds is 3. The summed E-state index contributed by atoms with van der Waals surface area (Å²) >= 11 is 13.0. The molecule has 3 rings (SSSR count). The van der Waals surface area contributed by atoms with Crippen molar-refractivity contribution in [2.75, 3.05) is 0 Å². The zero-order valence-corrected chi connectivity index (χ0v) is 14.5. The van der Waals surface area contributed by atoms with Crippen molar-refractivity contribution in [1.82, 2.24) is 4.90 Å². The van der Waals surface area contributed by atoms with Gasteiger partial charge in [-0.05, 0) is 47.7 Å². The lowest BCUT2D eigenvalue weighted by atomic mass is 10.2. The number of benzene rings is 2. The van der Waals surface area contributed by atoms with Gasteiger partial charge in [-0.25, -0.2) is 4.39 Å². The third-order valence-corrected chi connectivity index (χ3v) is 4.97. The van der Waals surface area contributed by atoms with E-state index in [9.17, 15) is 14.0 Å². The Morgan fingerprint density at radius 3 is 2.29 bits per heavy atom. The molecule has 3 nitrogen and oxygen atoms in total. The largest absolute Gasteiger partial charge is 0.293 e. The van der Waals surface area contributed by atoms with Gasteiger partial charge in [0.15, 0.2) is 0 Å². The Bertz CT molecular complexity index is 832. The van der Waals surface area contributed by atoms with E-state index in [1.54, 1.807) is 18.2 Å². The molecule has 1 aliphatic heterocycles. The molecule has 2 amide bonds. The van der Waals surface area contributed by atoms with E-state index in [0.29, 0.717) is 21.2 Å². The predicted octanol–water partition coefficient (Wildman–Crippen LogP) is 5.37. The Balaban J connectivity index is 1.86. The first-order valence-corrected chi connectivity index (χ1v) is 8.47. The molecule has 1 saturated heterocycles. The maximum Gasteiger partial charge on any atom is 0.293 e. The second-order valence-corrected chi connectivity index (χ2v) is 6.84. The molecule has 7 heteroatoms. The predicted molar refractivity (Wildman–Crippen MR) is 94.4 cm³/mol. The van der Waals surface area contributed by atoms with Gasteiger partial charge in [-0.15, -0.1) is 0 Å². The zero-order chi connectivity index (χ0) is 17.3. The number of halogens is 3. The first-order valence-electron chi connectivity index (χ1n) is 6.89. The summed E-state index contributed by atoms with van der Waals surface area (Å²) in [5.74, 6) is -0.800. The van der Waals surface area contributed by atoms with Gasteiger partial charge >= 0.3 is 0 Å². The van der Waals surface area contributed by atoms with Crippen molar-refractivity contribution < 1.29 is 14.0 Å². The van der Waals surface area contributed by atoms with E-state index in [4.69, 9.17) is 23.2 Å². The molecule has 0 aliphatic carbocycles. The minimum atomic E-state index is -0.426. The highest BCUT2D eigenvalue weighted by atomic mass is 35.5. The van der Waals surface area contributed by atoms with Gasteiger partial charge in [0, 0.05) is 15.6 Å². The number of imide groups is 1. The monoisotopic (exact) mass is 381 g/mol. The molecule has 0 radical (unpaired) electrons. The quantitative estimate of drug-likeness (QED) is 0.670. The second kappa shape index (κ2) is 6.97. The fourth-order valence-corrected chi connectivity index (χ4v) is 3.51. The molecule has 2 aromatic rings. The maximum atomic E-state index is 12.9. The van der Waals surface area contributed by atoms with Crippen LogP contribution in [0.3, 0.4) is 0 Å². The Kier molecular flexibility index (Phi) is 4.94. The van der Waals surface area contributed by atoms with Crippen LogP contribution in [-0.4, -0.2) is 16.0 Å². The summed E-state index contributed by atoms with van der Waals surface area (Å²) < 4.78 is 12.9. The van der Waals surface area contributed by atoms with E-state index in [1.165, 1.54) is 30.3 Å². The first kappa shape index (κ1) is 17.0. The topological polar surface area (TPSA) is 37.4 Å². The fraction of sp³-hybridized carbons (Fsp3) is 0.0588. The van der Waals surface area contributed by atoms with Gasteiger partial charge in [-0.2, -0.15) is 0 Å². The van der Waals surface area contributed by atoms with Crippen LogP contribution in [0, 0.1) is 5.82 Å². The molecule has 2 aromatic carbocycles. The summed E-state index contributed by atoms with van der Waals surface area (Å²) in [6, 6.07) is 10.6. The third kappa shape index (κ3) is 3.48. The van der Waals surface area contributed by atoms with Crippen LogP contribution in [0.1, 0.15) is 11.1 Å². The first-order chi connectivity index (χ1) is 11.5. The minimum Gasteiger partial charge on any atom is -0.268 e. The van der Waals surface area contributed by atoms with Crippen molar-refractivity contribution in [2.24, 2.45) is 0 Å². The molecule has 0 spiro atoms. The summed E-state index contributed by atoms with van der Waals surface area (Å²) in [6.45, 7) is 0.0819. The molecule has 0 N–H and O–H groups in total. The van der Waals surface area contributed by atoms with Gasteiger partial charge < -0.3 is 0 Å². The highest BCUT2D eigenvalue weighted by Crippen LogP contribution is 2.36. The fourth-order valence-electron chi connectivity index (χ4n) is 2.19. The van der Waals surface area contributed by atoms with Gasteiger partial charge in [-0.3, -0.25) is 14.5 Å². The summed E-state index contributed by atoms with van der Waals surface area (Å²) in [6.07, 6.45) is 1.51. The number of thioether (sulfide) groups is 1. The van der Waals surface area contributed by atoms with Crippen LogP contribution in [-0.2, 0) is 11.3 Å². The van der Waals surface area contributed by atoms with Crippen molar-refractivity contribution in [2.45, 2.75) is 6.54 Å². The highest BCUT2D eigenvalue weighted by molar-refractivity contribution is 8.18. The van der Waals surface area contributed by atoms with E-state index in [0.717, 1.165) is 16.7 Å². The van der Waals surface area contributed by atoms with Crippen LogP contribution >= 0.6 is 35.0 Å². The van der Waals surface area contributed by atoms with Crippen molar-refractivity contribution in [3.05, 3.63) is 74.4 Å². The molecule has 0 unspecified atom stereocenters. The van der Waals surface area contributed by atoms with Crippen molar-refractivity contribution in [3.8, 4) is 0 Å². The smallest absolute Gasteiger partial charge is 0.268 e. The Morgan fingerprint density at radius 2 is 1.67 bits per heavy atom. The standard InChI is InChI=1S/C17H10Cl2FNO2S/c18-13-2-1-3-14(19)12(13)8-15-16(22)21(17(23)24-15)9-10-4-6-11(20)7-5-10/h1-8H,9H2/b15-8+. The number of carbonyl (C=O) groups excluding carboxylic acids is 2. The lowest BCUT2D eigenvalue weighted by molar-refractivity contribution is -0.123. The van der Waals surface area contributed by atoms with E-state index in [2.05, 4.69) is 0 Å². The normalized spacial score (nSPS) is 16.3. The maximum absolute atomic E-state index is 12.9. The number of carbonyl (C=O) groups is 2. The number of amides is 2. The summed E-state index contributed by atoms with van der Waals surface area (Å²) in [4.78, 5) is 25.9. The van der Waals surface area contributed by atoms with Gasteiger partial charge in [0.2, 0.25) is 0 Å². The summed E-state index contributed by atoms with van der Waals surface area (Å²) in [5.41, 5.74) is 1.16. The molecule has 24 heavy (non-hydrogen) atoms. The molecule has 1 heterocycles.